The molecule has 0 heterocycles. The van der Waals surface area contributed by atoms with Crippen LogP contribution in [0.15, 0.2) is 0 Å². The molecule has 2 heteroatoms. The summed E-state index contributed by atoms with van der Waals surface area (Å²) < 4.78 is 0. The van der Waals surface area contributed by atoms with E-state index in [1.54, 1.807) is 0 Å². The van der Waals surface area contributed by atoms with E-state index in [1.165, 1.54) is 32.1 Å². The van der Waals surface area contributed by atoms with E-state index >= 15 is 0 Å². The molecule has 1 fully saturated rings. The molecule has 1 saturated carbocycles. The van der Waals surface area contributed by atoms with Gasteiger partial charge in [0.25, 0.3) is 0 Å². The first-order valence-corrected chi connectivity index (χ1v) is 6.42. The predicted octanol–water partition coefficient (Wildman–Crippen LogP) is 2.62. The fourth-order valence-corrected chi connectivity index (χ4v) is 2.71. The minimum atomic E-state index is 0.571. The van der Waals surface area contributed by atoms with Crippen LogP contribution in [0.1, 0.15) is 52.9 Å². The van der Waals surface area contributed by atoms with Gasteiger partial charge in [-0.05, 0) is 44.6 Å². The maximum atomic E-state index is 5.80. The Hall–Kier alpha value is -0.0800. The number of nitrogens with two attached hydrogens (primary N) is 1. The van der Waals surface area contributed by atoms with Crippen LogP contribution in [-0.4, -0.2) is 30.6 Å². The summed E-state index contributed by atoms with van der Waals surface area (Å²) in [6, 6.07) is 1.35. The molecule has 1 aliphatic rings. The van der Waals surface area contributed by atoms with Gasteiger partial charge in [-0.3, -0.25) is 4.90 Å². The van der Waals surface area contributed by atoms with Crippen molar-refractivity contribution in [3.63, 3.8) is 0 Å². The molecule has 1 aliphatic carbocycles. The van der Waals surface area contributed by atoms with Crippen LogP contribution in [0.4, 0.5) is 0 Å². The lowest BCUT2D eigenvalue weighted by molar-refractivity contribution is 0.0951. The zero-order chi connectivity index (χ0) is 11.5. The Labute approximate surface area is 95.2 Å². The van der Waals surface area contributed by atoms with Gasteiger partial charge in [-0.2, -0.15) is 0 Å². The highest BCUT2D eigenvalue weighted by atomic mass is 15.2. The molecule has 0 aromatic carbocycles. The van der Waals surface area contributed by atoms with Crippen LogP contribution in [0.2, 0.25) is 0 Å². The van der Waals surface area contributed by atoms with Crippen molar-refractivity contribution in [2.75, 3.05) is 13.6 Å². The van der Waals surface area contributed by atoms with Crippen LogP contribution < -0.4 is 5.73 Å². The Morgan fingerprint density at radius 2 is 1.87 bits per heavy atom. The van der Waals surface area contributed by atoms with E-state index in [-0.39, 0.29) is 0 Å². The molecule has 0 aromatic heterocycles. The van der Waals surface area contributed by atoms with Crippen molar-refractivity contribution < 1.29 is 0 Å². The van der Waals surface area contributed by atoms with Crippen LogP contribution in [-0.2, 0) is 0 Å². The quantitative estimate of drug-likeness (QED) is 0.776. The Morgan fingerprint density at radius 3 is 2.27 bits per heavy atom. The van der Waals surface area contributed by atoms with Gasteiger partial charge in [0, 0.05) is 18.6 Å². The number of nitrogens with zero attached hydrogens (tertiary/aromatic N) is 1. The average Bonchev–Trinajstić information content (AvgIpc) is 2.19. The Balaban J connectivity index is 2.45. The van der Waals surface area contributed by atoms with Crippen LogP contribution in [0.5, 0.6) is 0 Å². The van der Waals surface area contributed by atoms with Gasteiger partial charge in [-0.1, -0.05) is 20.8 Å². The van der Waals surface area contributed by atoms with E-state index in [9.17, 15) is 0 Å². The monoisotopic (exact) mass is 212 g/mol. The second-order valence-corrected chi connectivity index (χ2v) is 5.86. The highest BCUT2D eigenvalue weighted by Crippen LogP contribution is 2.37. The first kappa shape index (κ1) is 13.0. The molecule has 0 aliphatic heterocycles. The van der Waals surface area contributed by atoms with Gasteiger partial charge >= 0.3 is 0 Å². The molecule has 0 amide bonds. The highest BCUT2D eigenvalue weighted by molar-refractivity contribution is 4.85. The third-order valence-corrected chi connectivity index (χ3v) is 4.20. The summed E-state index contributed by atoms with van der Waals surface area (Å²) in [5.74, 6) is 0. The largest absolute Gasteiger partial charge is 0.329 e. The zero-order valence-corrected chi connectivity index (χ0v) is 10.9. The van der Waals surface area contributed by atoms with E-state index in [1.807, 2.05) is 0 Å². The average molecular weight is 212 g/mol. The maximum Gasteiger partial charge on any atom is 0.0215 e. The van der Waals surface area contributed by atoms with Crippen molar-refractivity contribution in [3.05, 3.63) is 0 Å². The molecule has 2 N–H and O–H groups in total. The number of hydrogen-bond acceptors (Lipinski definition) is 2. The Kier molecular flexibility index (Phi) is 4.60. The molecule has 2 nitrogen and oxygen atoms in total. The summed E-state index contributed by atoms with van der Waals surface area (Å²) in [5, 5.41) is 0. The maximum absolute atomic E-state index is 5.80. The van der Waals surface area contributed by atoms with Gasteiger partial charge in [0.05, 0.1) is 0 Å². The lowest BCUT2D eigenvalue weighted by Crippen LogP contribution is -2.46. The lowest BCUT2D eigenvalue weighted by atomic mass is 9.75. The fourth-order valence-electron chi connectivity index (χ4n) is 2.71. The molecule has 1 rings (SSSR count). The molecular weight excluding hydrogens is 184 g/mol. The standard InChI is InChI=1S/C13H28N2/c1-5-11(10-14)15(4)12-6-8-13(2,3)9-7-12/h11-12H,5-10,14H2,1-4H3. The number of hydrogen-bond donors (Lipinski definition) is 1. The molecule has 0 aromatic rings. The smallest absolute Gasteiger partial charge is 0.0215 e. The van der Waals surface area contributed by atoms with Crippen molar-refractivity contribution in [1.82, 2.24) is 4.90 Å². The fraction of sp³-hybridized carbons (Fsp3) is 1.00. The molecular formula is C13H28N2. The van der Waals surface area contributed by atoms with Gasteiger partial charge in [0.2, 0.25) is 0 Å². The first-order valence-electron chi connectivity index (χ1n) is 6.42. The SMILES string of the molecule is CCC(CN)N(C)C1CCC(C)(C)CC1. The summed E-state index contributed by atoms with van der Waals surface area (Å²) >= 11 is 0. The van der Waals surface area contributed by atoms with E-state index in [0.717, 1.165) is 12.6 Å². The normalized spacial score (nSPS) is 24.4. The van der Waals surface area contributed by atoms with Gasteiger partial charge < -0.3 is 5.73 Å². The van der Waals surface area contributed by atoms with Crippen molar-refractivity contribution >= 4 is 0 Å². The van der Waals surface area contributed by atoms with Gasteiger partial charge in [-0.25, -0.2) is 0 Å². The first-order chi connectivity index (χ1) is 7.00. The molecule has 15 heavy (non-hydrogen) atoms. The predicted molar refractivity (Wildman–Crippen MR) is 66.9 cm³/mol. The second kappa shape index (κ2) is 5.31. The van der Waals surface area contributed by atoms with Crippen LogP contribution in [0.3, 0.4) is 0 Å². The molecule has 0 spiro atoms. The van der Waals surface area contributed by atoms with Crippen LogP contribution in [0, 0.1) is 5.41 Å². The topological polar surface area (TPSA) is 29.3 Å². The minimum absolute atomic E-state index is 0.571. The van der Waals surface area contributed by atoms with E-state index in [2.05, 4.69) is 32.7 Å². The Morgan fingerprint density at radius 1 is 1.33 bits per heavy atom. The van der Waals surface area contributed by atoms with E-state index < -0.39 is 0 Å². The molecule has 1 atom stereocenters. The summed E-state index contributed by atoms with van der Waals surface area (Å²) in [6.07, 6.45) is 6.60. The zero-order valence-electron chi connectivity index (χ0n) is 10.9. The third-order valence-electron chi connectivity index (χ3n) is 4.20. The second-order valence-electron chi connectivity index (χ2n) is 5.86. The summed E-state index contributed by atoms with van der Waals surface area (Å²) in [4.78, 5) is 2.52. The number of likely N-dealkylation sites (N-methyl/N-ethyl adjacent to an activating group) is 1. The summed E-state index contributed by atoms with van der Waals surface area (Å²) in [6.45, 7) is 7.82. The molecule has 0 bridgehead atoms. The van der Waals surface area contributed by atoms with Crippen molar-refractivity contribution in [2.45, 2.75) is 65.0 Å². The van der Waals surface area contributed by atoms with Gasteiger partial charge in [-0.15, -0.1) is 0 Å². The summed E-state index contributed by atoms with van der Waals surface area (Å²) in [7, 11) is 2.25. The lowest BCUT2D eigenvalue weighted by Gasteiger charge is -2.41. The Bertz CT molecular complexity index is 175. The highest BCUT2D eigenvalue weighted by Gasteiger charge is 2.30. The van der Waals surface area contributed by atoms with Crippen molar-refractivity contribution in [3.8, 4) is 0 Å². The van der Waals surface area contributed by atoms with Gasteiger partial charge in [0.1, 0.15) is 0 Å². The van der Waals surface area contributed by atoms with Crippen LogP contribution in [0.25, 0.3) is 0 Å². The van der Waals surface area contributed by atoms with Crippen molar-refractivity contribution in [2.24, 2.45) is 11.1 Å². The number of rotatable bonds is 4. The van der Waals surface area contributed by atoms with E-state index in [4.69, 9.17) is 5.73 Å². The minimum Gasteiger partial charge on any atom is -0.329 e. The van der Waals surface area contributed by atoms with Gasteiger partial charge in [0.15, 0.2) is 0 Å². The van der Waals surface area contributed by atoms with E-state index in [0.29, 0.717) is 11.5 Å². The molecule has 0 saturated heterocycles. The molecule has 1 unspecified atom stereocenters. The third kappa shape index (κ3) is 3.46. The molecule has 0 radical (unpaired) electrons. The van der Waals surface area contributed by atoms with Crippen LogP contribution >= 0.6 is 0 Å². The van der Waals surface area contributed by atoms with Crippen molar-refractivity contribution in [1.29, 1.82) is 0 Å². The summed E-state index contributed by atoms with van der Waals surface area (Å²) in [5.41, 5.74) is 6.37. The molecule has 90 valence electrons.